The first-order valence-electron chi connectivity index (χ1n) is 5.50. The number of hydrogen-bond donors (Lipinski definition) is 1. The van der Waals surface area contributed by atoms with E-state index in [1.54, 1.807) is 21.5 Å². The van der Waals surface area contributed by atoms with Gasteiger partial charge in [0.05, 0.1) is 11.1 Å². The van der Waals surface area contributed by atoms with Gasteiger partial charge in [0.1, 0.15) is 0 Å². The number of rotatable bonds is 2. The summed E-state index contributed by atoms with van der Waals surface area (Å²) >= 11 is 0. The minimum atomic E-state index is -0.930. The molecule has 0 atom stereocenters. The van der Waals surface area contributed by atoms with Gasteiger partial charge in [-0.05, 0) is 6.07 Å². The summed E-state index contributed by atoms with van der Waals surface area (Å²) in [5.74, 6) is -0.220. The Morgan fingerprint density at radius 2 is 2.00 bits per heavy atom. The Balaban J connectivity index is 0.00000133. The normalized spacial score (nSPS) is 10.4. The van der Waals surface area contributed by atoms with Gasteiger partial charge in [-0.2, -0.15) is 5.10 Å². The van der Waals surface area contributed by atoms with Crippen LogP contribution in [0.15, 0.2) is 42.7 Å². The molecule has 1 aromatic carbocycles. The van der Waals surface area contributed by atoms with E-state index in [1.165, 1.54) is 0 Å². The predicted molar refractivity (Wildman–Crippen MR) is 74.2 cm³/mol. The van der Waals surface area contributed by atoms with Gasteiger partial charge in [-0.1, -0.05) is 18.2 Å². The fraction of sp³-hybridized carbons (Fsp3) is 0.0769. The second-order valence-electron chi connectivity index (χ2n) is 4.08. The molecule has 3 rings (SSSR count). The number of aromatic nitrogens is 3. The third kappa shape index (κ3) is 2.08. The van der Waals surface area contributed by atoms with E-state index in [2.05, 4.69) is 5.10 Å². The van der Waals surface area contributed by atoms with Crippen LogP contribution in [0, 0.1) is 0 Å². The van der Waals surface area contributed by atoms with Crippen molar-refractivity contribution in [3.8, 4) is 5.82 Å². The molecule has 0 aliphatic carbocycles. The number of hydrogen-bond acceptors (Lipinski definition) is 2. The van der Waals surface area contributed by atoms with Gasteiger partial charge in [-0.15, -0.1) is 12.4 Å². The fourth-order valence-corrected chi connectivity index (χ4v) is 2.07. The first kappa shape index (κ1) is 13.2. The van der Waals surface area contributed by atoms with Gasteiger partial charge in [0.15, 0.2) is 5.82 Å². The zero-order chi connectivity index (χ0) is 12.7. The van der Waals surface area contributed by atoms with Gasteiger partial charge in [0.2, 0.25) is 0 Å². The molecule has 3 aromatic rings. The Morgan fingerprint density at radius 3 is 2.63 bits per heavy atom. The molecule has 0 saturated heterocycles. The number of aromatic carboxylic acids is 1. The smallest absolute Gasteiger partial charge is 0.337 e. The van der Waals surface area contributed by atoms with E-state index in [4.69, 9.17) is 0 Å². The summed E-state index contributed by atoms with van der Waals surface area (Å²) in [5, 5.41) is 14.2. The summed E-state index contributed by atoms with van der Waals surface area (Å²) in [6.45, 7) is 0. The number of aryl methyl sites for hydroxylation is 1. The SMILES string of the molecule is Cl.Cn1ccc(-n2cc(C(=O)O)c3ccccc32)n1. The zero-order valence-corrected chi connectivity index (χ0v) is 11.0. The van der Waals surface area contributed by atoms with E-state index < -0.39 is 5.97 Å². The van der Waals surface area contributed by atoms with Crippen molar-refractivity contribution < 1.29 is 9.90 Å². The van der Waals surface area contributed by atoms with Crippen LogP contribution in [0.3, 0.4) is 0 Å². The van der Waals surface area contributed by atoms with Crippen molar-refractivity contribution in [2.75, 3.05) is 0 Å². The van der Waals surface area contributed by atoms with Crippen molar-refractivity contribution in [1.82, 2.24) is 14.3 Å². The number of carbonyl (C=O) groups is 1. The van der Waals surface area contributed by atoms with Crippen LogP contribution in [0.1, 0.15) is 10.4 Å². The van der Waals surface area contributed by atoms with Crippen LogP contribution in [0.5, 0.6) is 0 Å². The fourth-order valence-electron chi connectivity index (χ4n) is 2.07. The third-order valence-electron chi connectivity index (χ3n) is 2.89. The van der Waals surface area contributed by atoms with Gasteiger partial charge in [-0.25, -0.2) is 4.79 Å². The summed E-state index contributed by atoms with van der Waals surface area (Å²) < 4.78 is 3.48. The van der Waals surface area contributed by atoms with Gasteiger partial charge in [-0.3, -0.25) is 9.25 Å². The van der Waals surface area contributed by atoms with Crippen LogP contribution in [0.4, 0.5) is 0 Å². The molecule has 98 valence electrons. The molecule has 2 heterocycles. The number of fused-ring (bicyclic) bond motifs is 1. The highest BCUT2D eigenvalue weighted by atomic mass is 35.5. The Morgan fingerprint density at radius 1 is 1.26 bits per heavy atom. The molecular weight excluding hydrogens is 266 g/mol. The minimum absolute atomic E-state index is 0. The van der Waals surface area contributed by atoms with Crippen molar-refractivity contribution in [3.05, 3.63) is 48.3 Å². The van der Waals surface area contributed by atoms with Crippen molar-refractivity contribution in [3.63, 3.8) is 0 Å². The van der Waals surface area contributed by atoms with Gasteiger partial charge < -0.3 is 5.11 Å². The first-order chi connectivity index (χ1) is 8.66. The second-order valence-corrected chi connectivity index (χ2v) is 4.08. The van der Waals surface area contributed by atoms with Gasteiger partial charge >= 0.3 is 5.97 Å². The van der Waals surface area contributed by atoms with E-state index in [-0.39, 0.29) is 18.0 Å². The number of halogens is 1. The van der Waals surface area contributed by atoms with Crippen LogP contribution in [0.25, 0.3) is 16.7 Å². The van der Waals surface area contributed by atoms with E-state index in [0.29, 0.717) is 5.82 Å². The molecule has 0 amide bonds. The maximum atomic E-state index is 11.2. The third-order valence-corrected chi connectivity index (χ3v) is 2.89. The van der Waals surface area contributed by atoms with Crippen molar-refractivity contribution in [2.24, 2.45) is 7.05 Å². The Labute approximate surface area is 115 Å². The number of carboxylic acids is 1. The molecule has 1 N–H and O–H groups in total. The van der Waals surface area contributed by atoms with Crippen molar-refractivity contribution >= 4 is 29.3 Å². The summed E-state index contributed by atoms with van der Waals surface area (Å²) in [7, 11) is 1.83. The van der Waals surface area contributed by atoms with E-state index in [0.717, 1.165) is 10.9 Å². The van der Waals surface area contributed by atoms with E-state index in [1.807, 2.05) is 37.5 Å². The highest BCUT2D eigenvalue weighted by molar-refractivity contribution is 6.03. The molecule has 6 heteroatoms. The number of para-hydroxylation sites is 1. The number of benzene rings is 1. The Hall–Kier alpha value is -2.27. The molecule has 0 fully saturated rings. The molecule has 0 aliphatic rings. The lowest BCUT2D eigenvalue weighted by atomic mass is 10.2. The maximum Gasteiger partial charge on any atom is 0.337 e. The Bertz CT molecular complexity index is 745. The average molecular weight is 278 g/mol. The van der Waals surface area contributed by atoms with Gasteiger partial charge in [0.25, 0.3) is 0 Å². The summed E-state index contributed by atoms with van der Waals surface area (Å²) in [4.78, 5) is 11.2. The molecule has 0 aliphatic heterocycles. The van der Waals surface area contributed by atoms with Crippen LogP contribution >= 0.6 is 12.4 Å². The summed E-state index contributed by atoms with van der Waals surface area (Å²) in [6, 6.07) is 9.25. The lowest BCUT2D eigenvalue weighted by Gasteiger charge is -1.99. The van der Waals surface area contributed by atoms with E-state index >= 15 is 0 Å². The molecule has 0 radical (unpaired) electrons. The summed E-state index contributed by atoms with van der Waals surface area (Å²) in [5.41, 5.74) is 1.13. The van der Waals surface area contributed by atoms with E-state index in [9.17, 15) is 9.90 Å². The van der Waals surface area contributed by atoms with Gasteiger partial charge in [0, 0.05) is 30.9 Å². The molecule has 0 bridgehead atoms. The quantitative estimate of drug-likeness (QED) is 0.783. The Kier molecular flexibility index (Phi) is 3.31. The first-order valence-corrected chi connectivity index (χ1v) is 5.50. The highest BCUT2D eigenvalue weighted by Gasteiger charge is 2.15. The van der Waals surface area contributed by atoms with Crippen LogP contribution in [-0.4, -0.2) is 25.4 Å². The zero-order valence-electron chi connectivity index (χ0n) is 10.1. The van der Waals surface area contributed by atoms with Crippen LogP contribution in [-0.2, 0) is 7.05 Å². The lowest BCUT2D eigenvalue weighted by molar-refractivity contribution is 0.0699. The highest BCUT2D eigenvalue weighted by Crippen LogP contribution is 2.23. The minimum Gasteiger partial charge on any atom is -0.478 e. The molecule has 0 spiro atoms. The van der Waals surface area contributed by atoms with Crippen LogP contribution < -0.4 is 0 Å². The molecule has 0 unspecified atom stereocenters. The lowest BCUT2D eigenvalue weighted by Crippen LogP contribution is -1.96. The summed E-state index contributed by atoms with van der Waals surface area (Å²) in [6.07, 6.45) is 3.43. The van der Waals surface area contributed by atoms with Crippen LogP contribution in [0.2, 0.25) is 0 Å². The monoisotopic (exact) mass is 277 g/mol. The van der Waals surface area contributed by atoms with Crippen molar-refractivity contribution in [1.29, 1.82) is 0 Å². The average Bonchev–Trinajstić information content (AvgIpc) is 2.92. The number of nitrogens with zero attached hydrogens (tertiary/aromatic N) is 3. The molecular formula is C13H12ClN3O2. The second kappa shape index (κ2) is 4.78. The predicted octanol–water partition coefficient (Wildman–Crippen LogP) is 2.48. The maximum absolute atomic E-state index is 11.2. The molecule has 0 saturated carbocycles. The molecule has 19 heavy (non-hydrogen) atoms. The standard InChI is InChI=1S/C13H11N3O2.ClH/c1-15-7-6-12(14-15)16-8-10(13(17)18)9-4-2-3-5-11(9)16;/h2-8H,1H3,(H,17,18);1H. The van der Waals surface area contributed by atoms with Crippen molar-refractivity contribution in [2.45, 2.75) is 0 Å². The molecule has 2 aromatic heterocycles. The molecule has 5 nitrogen and oxygen atoms in total. The number of carboxylic acid groups (broad SMARTS) is 1. The topological polar surface area (TPSA) is 60.0 Å². The largest absolute Gasteiger partial charge is 0.478 e.